The third kappa shape index (κ3) is 6.47. The van der Waals surface area contributed by atoms with E-state index < -0.39 is 33.4 Å². The number of amides is 1. The van der Waals surface area contributed by atoms with Crippen molar-refractivity contribution in [3.05, 3.63) is 41.9 Å². The van der Waals surface area contributed by atoms with Gasteiger partial charge < -0.3 is 15.0 Å². The second-order valence-corrected chi connectivity index (χ2v) is 15.2. The number of hydrogen-bond donors (Lipinski definition) is 2. The molecule has 1 unspecified atom stereocenters. The molecule has 2 fully saturated rings. The number of pyridine rings is 1. The van der Waals surface area contributed by atoms with Crippen molar-refractivity contribution < 1.29 is 31.1 Å². The van der Waals surface area contributed by atoms with E-state index in [9.17, 15) is 26.4 Å². The Morgan fingerprint density at radius 3 is 2.70 bits per heavy atom. The summed E-state index contributed by atoms with van der Waals surface area (Å²) in [5.74, 6) is 0.794. The van der Waals surface area contributed by atoms with Crippen molar-refractivity contribution in [2.45, 2.75) is 88.9 Å². The topological polar surface area (TPSA) is 131 Å². The van der Waals surface area contributed by atoms with Gasteiger partial charge >= 0.3 is 6.18 Å². The van der Waals surface area contributed by atoms with Crippen molar-refractivity contribution >= 4 is 27.6 Å². The number of nitrogens with zero attached hydrogens (tertiary/aromatic N) is 5. The maximum Gasteiger partial charge on any atom is 0.394 e. The molecular weight excluding hydrogens is 623 g/mol. The number of halogens is 3. The zero-order valence-corrected chi connectivity index (χ0v) is 27.0. The molecule has 15 heteroatoms. The van der Waals surface area contributed by atoms with Gasteiger partial charge in [0.25, 0.3) is 15.9 Å². The molecule has 46 heavy (non-hydrogen) atoms. The van der Waals surface area contributed by atoms with Crippen LogP contribution in [0.25, 0.3) is 0 Å². The van der Waals surface area contributed by atoms with E-state index in [0.29, 0.717) is 36.5 Å². The van der Waals surface area contributed by atoms with Crippen LogP contribution in [0.3, 0.4) is 0 Å². The summed E-state index contributed by atoms with van der Waals surface area (Å²) in [6.07, 6.45) is 1.05. The van der Waals surface area contributed by atoms with Gasteiger partial charge in [-0.3, -0.25) is 4.79 Å². The Morgan fingerprint density at radius 2 is 1.96 bits per heavy atom. The number of alkyl halides is 3. The van der Waals surface area contributed by atoms with Crippen molar-refractivity contribution in [1.29, 1.82) is 0 Å². The predicted molar refractivity (Wildman–Crippen MR) is 164 cm³/mol. The van der Waals surface area contributed by atoms with Gasteiger partial charge in [-0.05, 0) is 82.8 Å². The number of sulfonamides is 1. The fraction of sp³-hybridized carbons (Fsp3) is 0.613. The number of fused-ring (bicyclic) bond motifs is 5. The summed E-state index contributed by atoms with van der Waals surface area (Å²) >= 11 is 0. The van der Waals surface area contributed by atoms with E-state index in [1.165, 1.54) is 6.07 Å². The van der Waals surface area contributed by atoms with Crippen LogP contribution in [-0.4, -0.2) is 71.2 Å². The van der Waals surface area contributed by atoms with Crippen molar-refractivity contribution in [2.24, 2.45) is 22.2 Å². The monoisotopic (exact) mass is 663 g/mol. The molecule has 0 spiro atoms. The molecule has 1 aliphatic carbocycles. The second-order valence-electron chi connectivity index (χ2n) is 13.6. The fourth-order valence-electron chi connectivity index (χ4n) is 6.89. The number of aliphatic imine (C=N–C) groups is 1. The van der Waals surface area contributed by atoms with Crippen molar-refractivity contribution in [1.82, 2.24) is 24.4 Å². The third-order valence-electron chi connectivity index (χ3n) is 9.57. The molecule has 11 nitrogen and oxygen atoms in total. The SMILES string of the molecule is CC1CC(n2ccc(OCCCC3(C(F)(F)F)CC3)n2)=NC2=C1C(=O)NS(=O)(=O)c1cccc(n1)NCCC[C@@H]1CN2C(C)(C)C1. The van der Waals surface area contributed by atoms with Crippen LogP contribution in [0.4, 0.5) is 19.0 Å². The lowest BCUT2D eigenvalue weighted by Crippen LogP contribution is -2.43. The molecule has 0 aromatic carbocycles. The number of hydrogen-bond acceptors (Lipinski definition) is 9. The summed E-state index contributed by atoms with van der Waals surface area (Å²) in [6, 6.07) is 6.26. The Morgan fingerprint density at radius 1 is 1.17 bits per heavy atom. The zero-order valence-electron chi connectivity index (χ0n) is 26.2. The summed E-state index contributed by atoms with van der Waals surface area (Å²) in [5.41, 5.74) is -1.65. The number of aromatic nitrogens is 3. The molecule has 2 aromatic heterocycles. The summed E-state index contributed by atoms with van der Waals surface area (Å²) in [6.45, 7) is 7.43. The molecule has 6 rings (SSSR count). The van der Waals surface area contributed by atoms with Gasteiger partial charge in [-0.15, -0.1) is 5.10 Å². The van der Waals surface area contributed by atoms with Gasteiger partial charge in [0.15, 0.2) is 5.03 Å². The molecule has 4 aliphatic rings. The number of carbonyl (C=O) groups is 1. The molecule has 2 aromatic rings. The summed E-state index contributed by atoms with van der Waals surface area (Å²) in [4.78, 5) is 25.1. The van der Waals surface area contributed by atoms with Gasteiger partial charge in [0, 0.05) is 37.3 Å². The molecule has 250 valence electrons. The van der Waals surface area contributed by atoms with Crippen LogP contribution in [0.2, 0.25) is 0 Å². The van der Waals surface area contributed by atoms with Gasteiger partial charge in [0.1, 0.15) is 17.5 Å². The lowest BCUT2D eigenvalue weighted by atomic mass is 9.91. The lowest BCUT2D eigenvalue weighted by Gasteiger charge is -2.37. The van der Waals surface area contributed by atoms with E-state index >= 15 is 0 Å². The summed E-state index contributed by atoms with van der Waals surface area (Å²) in [7, 11) is -4.28. The second kappa shape index (κ2) is 11.9. The number of nitrogens with one attached hydrogen (secondary N) is 2. The maximum absolute atomic E-state index is 13.8. The Hall–Kier alpha value is -3.62. The Balaban J connectivity index is 1.28. The predicted octanol–water partition coefficient (Wildman–Crippen LogP) is 5.09. The molecule has 4 bridgehead atoms. The minimum Gasteiger partial charge on any atom is -0.477 e. The smallest absolute Gasteiger partial charge is 0.394 e. The quantitative estimate of drug-likeness (QED) is 0.424. The first kappa shape index (κ1) is 32.3. The summed E-state index contributed by atoms with van der Waals surface area (Å²) in [5, 5.41) is 7.42. The average Bonchev–Trinajstić information content (AvgIpc) is 3.53. The highest BCUT2D eigenvalue weighted by Gasteiger charge is 2.62. The maximum atomic E-state index is 13.8. The number of ether oxygens (including phenoxy) is 1. The third-order valence-corrected chi connectivity index (χ3v) is 10.8. The number of rotatable bonds is 5. The van der Waals surface area contributed by atoms with Gasteiger partial charge in [-0.25, -0.2) is 19.4 Å². The zero-order chi connectivity index (χ0) is 32.9. The molecule has 0 radical (unpaired) electrons. The largest absolute Gasteiger partial charge is 0.477 e. The Labute approximate surface area is 266 Å². The van der Waals surface area contributed by atoms with Crippen LogP contribution in [0.1, 0.15) is 72.1 Å². The van der Waals surface area contributed by atoms with Crippen molar-refractivity contribution in [3.63, 3.8) is 0 Å². The highest BCUT2D eigenvalue weighted by Crippen LogP contribution is 2.60. The highest BCUT2D eigenvalue weighted by molar-refractivity contribution is 7.90. The van der Waals surface area contributed by atoms with Crippen LogP contribution in [-0.2, 0) is 14.8 Å². The van der Waals surface area contributed by atoms with E-state index in [0.717, 1.165) is 19.3 Å². The molecule has 1 saturated carbocycles. The van der Waals surface area contributed by atoms with Crippen molar-refractivity contribution in [2.75, 3.05) is 25.0 Å². The lowest BCUT2D eigenvalue weighted by molar-refractivity contribution is -0.189. The standard InChI is InChI=1S/C31H40F3N7O4S/c1-20-17-23(41-15-10-24(38-41)45-16-6-11-30(12-13-30)31(32,33)34)37-27-26(20)28(42)39-46(43,44)25-9-4-8-22(36-25)35-14-5-7-21-18-29(2,3)40(27)19-21/h4,8-10,15,20-21H,5-7,11-14,16-19H2,1-3H3,(H,35,36)(H,39,42)/t20?,21-/m0/s1. The molecular formula is C31H40F3N7O4S. The minimum atomic E-state index is -4.28. The van der Waals surface area contributed by atoms with Crippen LogP contribution in [0, 0.1) is 17.3 Å². The molecule has 1 amide bonds. The van der Waals surface area contributed by atoms with Crippen LogP contribution in [0.15, 0.2) is 51.9 Å². The van der Waals surface area contributed by atoms with Gasteiger partial charge in [-0.2, -0.15) is 21.6 Å². The van der Waals surface area contributed by atoms with E-state index in [1.54, 1.807) is 29.1 Å². The molecule has 2 atom stereocenters. The summed E-state index contributed by atoms with van der Waals surface area (Å²) < 4.78 is 75.9. The van der Waals surface area contributed by atoms with Gasteiger partial charge in [-0.1, -0.05) is 13.0 Å². The number of anilines is 1. The van der Waals surface area contributed by atoms with E-state index in [2.05, 4.69) is 38.9 Å². The molecule has 3 aliphatic heterocycles. The first-order chi connectivity index (χ1) is 21.7. The van der Waals surface area contributed by atoms with Crippen LogP contribution in [0.5, 0.6) is 5.88 Å². The first-order valence-corrected chi connectivity index (χ1v) is 17.3. The highest BCUT2D eigenvalue weighted by atomic mass is 32.2. The Bertz CT molecular complexity index is 1660. The van der Waals surface area contributed by atoms with Crippen molar-refractivity contribution in [3.8, 4) is 5.88 Å². The van der Waals surface area contributed by atoms with E-state index in [-0.39, 0.29) is 60.7 Å². The minimum absolute atomic E-state index is 0.0285. The van der Waals surface area contributed by atoms with Crippen LogP contribution >= 0.6 is 0 Å². The van der Waals surface area contributed by atoms with Gasteiger partial charge in [0.05, 0.1) is 17.6 Å². The van der Waals surface area contributed by atoms with Gasteiger partial charge in [0.2, 0.25) is 5.88 Å². The molecule has 5 heterocycles. The van der Waals surface area contributed by atoms with E-state index in [4.69, 9.17) is 9.73 Å². The Kier molecular flexibility index (Phi) is 8.34. The van der Waals surface area contributed by atoms with Crippen LogP contribution < -0.4 is 14.8 Å². The first-order valence-electron chi connectivity index (χ1n) is 15.8. The average molecular weight is 664 g/mol. The fourth-order valence-corrected chi connectivity index (χ4v) is 7.83. The molecule has 1 saturated heterocycles. The normalized spacial score (nSPS) is 25.4. The number of carbonyl (C=O) groups excluding carboxylic acids is 1. The van der Waals surface area contributed by atoms with E-state index in [1.807, 2.05) is 6.92 Å². The molecule has 2 N–H and O–H groups in total.